The van der Waals surface area contributed by atoms with Gasteiger partial charge >= 0.3 is 0 Å². The smallest absolute Gasteiger partial charge is 0.0434 e. The van der Waals surface area contributed by atoms with Gasteiger partial charge in [-0.15, -0.1) is 0 Å². The van der Waals surface area contributed by atoms with Crippen LogP contribution < -0.4 is 5.73 Å². The first-order valence-electron chi connectivity index (χ1n) is 12.8. The van der Waals surface area contributed by atoms with Gasteiger partial charge in [-0.1, -0.05) is 123 Å². The van der Waals surface area contributed by atoms with E-state index in [1.807, 2.05) is 45.0 Å². The summed E-state index contributed by atoms with van der Waals surface area (Å²) in [5.41, 5.74) is 9.05. The Hall–Kier alpha value is -1.98. The molecule has 0 aliphatic carbocycles. The summed E-state index contributed by atoms with van der Waals surface area (Å²) < 4.78 is 20.6. The van der Waals surface area contributed by atoms with Crippen LogP contribution in [-0.2, 0) is 11.1 Å². The third-order valence-electron chi connectivity index (χ3n) is 4.78. The van der Waals surface area contributed by atoms with Gasteiger partial charge in [0.05, 0.1) is 0 Å². The Morgan fingerprint density at radius 1 is 0.912 bits per heavy atom. The Kier molecular flexibility index (Phi) is 27.6. The first kappa shape index (κ1) is 36.6. The maximum Gasteiger partial charge on any atom is 0.0434 e. The molecule has 2 unspecified atom stereocenters. The maximum absolute atomic E-state index is 10.3. The first-order chi connectivity index (χ1) is 16.2. The SMILES string of the molecule is CC.CCC(C)C(=N)c1ccccc1N.CCCC.CCCCC.Cc1ccc(S(=O)[O-])cc1. The Morgan fingerprint density at radius 3 is 1.71 bits per heavy atom. The lowest BCUT2D eigenvalue weighted by Crippen LogP contribution is -2.12. The molecule has 0 aliphatic rings. The van der Waals surface area contributed by atoms with E-state index >= 15 is 0 Å². The molecule has 3 N–H and O–H groups in total. The van der Waals surface area contributed by atoms with Crippen molar-refractivity contribution in [2.45, 2.75) is 106 Å². The predicted octanol–water partition coefficient (Wildman–Crippen LogP) is 8.94. The van der Waals surface area contributed by atoms with Gasteiger partial charge in [-0.05, 0) is 48.5 Å². The van der Waals surface area contributed by atoms with Gasteiger partial charge in [0.2, 0.25) is 0 Å². The number of anilines is 1. The maximum atomic E-state index is 10.3. The van der Waals surface area contributed by atoms with Gasteiger partial charge in [-0.3, -0.25) is 4.21 Å². The second-order valence-electron chi connectivity index (χ2n) is 7.71. The molecule has 4 nitrogen and oxygen atoms in total. The van der Waals surface area contributed by atoms with Crippen molar-refractivity contribution < 1.29 is 8.76 Å². The monoisotopic (exact) mass is 491 g/mol. The van der Waals surface area contributed by atoms with Gasteiger partial charge in [0, 0.05) is 21.9 Å². The number of benzene rings is 2. The van der Waals surface area contributed by atoms with Crippen LogP contribution in [0.15, 0.2) is 53.4 Å². The zero-order valence-electron chi connectivity index (χ0n) is 23.2. The van der Waals surface area contributed by atoms with Crippen molar-refractivity contribution >= 4 is 22.5 Å². The third kappa shape index (κ3) is 19.5. The lowest BCUT2D eigenvalue weighted by atomic mass is 9.95. The van der Waals surface area contributed by atoms with Crippen molar-refractivity contribution in [2.24, 2.45) is 5.92 Å². The second-order valence-corrected chi connectivity index (χ2v) is 8.65. The molecule has 0 fully saturated rings. The Labute approximate surface area is 213 Å². The van der Waals surface area contributed by atoms with E-state index in [1.165, 1.54) is 32.1 Å². The molecule has 2 atom stereocenters. The highest BCUT2D eigenvalue weighted by Crippen LogP contribution is 2.17. The average Bonchev–Trinajstić information content (AvgIpc) is 2.86. The summed E-state index contributed by atoms with van der Waals surface area (Å²) in [5.74, 6) is 0.282. The molecule has 0 saturated heterocycles. The van der Waals surface area contributed by atoms with Gasteiger partial charge in [-0.2, -0.15) is 0 Å². The minimum absolute atomic E-state index is 0.282. The molecular formula is C29H51N2O2S-. The Morgan fingerprint density at radius 2 is 1.38 bits per heavy atom. The van der Waals surface area contributed by atoms with Crippen LogP contribution >= 0.6 is 0 Å². The van der Waals surface area contributed by atoms with E-state index < -0.39 is 11.1 Å². The van der Waals surface area contributed by atoms with Gasteiger partial charge in [0.1, 0.15) is 0 Å². The van der Waals surface area contributed by atoms with Gasteiger partial charge in [-0.25, -0.2) is 0 Å². The molecule has 5 heteroatoms. The number of nitrogen functional groups attached to an aromatic ring is 1. The molecule has 0 bridgehead atoms. The van der Waals surface area contributed by atoms with E-state index in [2.05, 4.69) is 41.5 Å². The van der Waals surface area contributed by atoms with Crippen LogP contribution in [0.25, 0.3) is 0 Å². The molecule has 0 aliphatic heterocycles. The lowest BCUT2D eigenvalue weighted by Gasteiger charge is -2.12. The van der Waals surface area contributed by atoms with E-state index in [4.69, 9.17) is 11.1 Å². The molecule has 0 radical (unpaired) electrons. The number of unbranched alkanes of at least 4 members (excludes halogenated alkanes) is 3. The standard InChI is InChI=1S/C11H16N2.C7H8O2S.C5H12.C4H10.C2H6/c1-3-8(2)11(13)9-6-4-5-7-10(9)12;1-6-2-4-7(5-3-6)10(8)9;1-3-5-4-2;1-3-4-2;1-2/h4-8,13H,3,12H2,1-2H3;2-5H,1H3,(H,8,9);3-5H2,1-2H3;3-4H2,1-2H3;1-2H3/p-1. The number of rotatable bonds is 7. The molecule has 0 saturated carbocycles. The first-order valence-corrected chi connectivity index (χ1v) is 13.9. The van der Waals surface area contributed by atoms with Gasteiger partial charge in [0.15, 0.2) is 0 Å². The average molecular weight is 492 g/mol. The summed E-state index contributed by atoms with van der Waals surface area (Å²) in [6.07, 6.45) is 7.69. The molecule has 2 aromatic carbocycles. The highest BCUT2D eigenvalue weighted by molar-refractivity contribution is 7.79. The van der Waals surface area contributed by atoms with Crippen molar-refractivity contribution in [1.82, 2.24) is 0 Å². The molecule has 0 amide bonds. The van der Waals surface area contributed by atoms with Crippen molar-refractivity contribution in [3.8, 4) is 0 Å². The fourth-order valence-electron chi connectivity index (χ4n) is 2.21. The van der Waals surface area contributed by atoms with Gasteiger partial charge < -0.3 is 15.7 Å². The van der Waals surface area contributed by atoms with E-state index in [-0.39, 0.29) is 5.92 Å². The fourth-order valence-corrected chi connectivity index (χ4v) is 2.57. The third-order valence-corrected chi connectivity index (χ3v) is 5.43. The highest BCUT2D eigenvalue weighted by atomic mass is 32.2. The summed E-state index contributed by atoms with van der Waals surface area (Å²) >= 11 is -2.09. The van der Waals surface area contributed by atoms with E-state index in [0.717, 1.165) is 17.5 Å². The van der Waals surface area contributed by atoms with Crippen molar-refractivity contribution in [2.75, 3.05) is 5.73 Å². The summed E-state index contributed by atoms with van der Waals surface area (Å²) in [6.45, 7) is 18.8. The van der Waals surface area contributed by atoms with Crippen molar-refractivity contribution in [3.63, 3.8) is 0 Å². The molecule has 2 rings (SSSR count). The number of aryl methyl sites for hydroxylation is 1. The number of nitrogens with one attached hydrogen (secondary N) is 1. The van der Waals surface area contributed by atoms with E-state index in [9.17, 15) is 8.76 Å². The number of hydrogen-bond donors (Lipinski definition) is 2. The summed E-state index contributed by atoms with van der Waals surface area (Å²) in [4.78, 5) is 0.339. The van der Waals surface area contributed by atoms with E-state index in [1.54, 1.807) is 24.3 Å². The molecular weight excluding hydrogens is 440 g/mol. The highest BCUT2D eigenvalue weighted by Gasteiger charge is 2.10. The van der Waals surface area contributed by atoms with Crippen LogP contribution in [0.5, 0.6) is 0 Å². The Balaban J connectivity index is -0.000000405. The van der Waals surface area contributed by atoms with Crippen LogP contribution in [-0.4, -0.2) is 14.5 Å². The zero-order chi connectivity index (χ0) is 26.9. The molecule has 0 heterocycles. The fraction of sp³-hybridized carbons (Fsp3) is 0.552. The number of nitrogens with two attached hydrogens (primary N) is 1. The minimum atomic E-state index is -2.09. The van der Waals surface area contributed by atoms with Gasteiger partial charge in [0.25, 0.3) is 0 Å². The lowest BCUT2D eigenvalue weighted by molar-refractivity contribution is 0.537. The predicted molar refractivity (Wildman–Crippen MR) is 153 cm³/mol. The van der Waals surface area contributed by atoms with E-state index in [0.29, 0.717) is 16.3 Å². The van der Waals surface area contributed by atoms with Crippen LogP contribution in [0.3, 0.4) is 0 Å². The van der Waals surface area contributed by atoms with Crippen molar-refractivity contribution in [1.29, 1.82) is 5.41 Å². The summed E-state index contributed by atoms with van der Waals surface area (Å²) in [5, 5.41) is 7.90. The number of hydrogen-bond acceptors (Lipinski definition) is 4. The van der Waals surface area contributed by atoms with Crippen LogP contribution in [0.1, 0.15) is 105 Å². The second kappa shape index (κ2) is 25.6. The quantitative estimate of drug-likeness (QED) is 0.230. The largest absolute Gasteiger partial charge is 0.768 e. The number of para-hydroxylation sites is 1. The Bertz CT molecular complexity index is 742. The minimum Gasteiger partial charge on any atom is -0.768 e. The normalized spacial score (nSPS) is 10.9. The molecule has 2 aromatic rings. The molecule has 34 heavy (non-hydrogen) atoms. The molecule has 0 aromatic heterocycles. The summed E-state index contributed by atoms with van der Waals surface area (Å²) in [6, 6.07) is 14.3. The van der Waals surface area contributed by atoms with Crippen molar-refractivity contribution in [3.05, 3.63) is 59.7 Å². The topological polar surface area (TPSA) is 90.0 Å². The van der Waals surface area contributed by atoms with Crippen LogP contribution in [0.4, 0.5) is 5.69 Å². The zero-order valence-corrected chi connectivity index (χ0v) is 24.1. The summed E-state index contributed by atoms with van der Waals surface area (Å²) in [7, 11) is 0. The molecule has 0 spiro atoms. The molecule has 196 valence electrons. The van der Waals surface area contributed by atoms with Crippen LogP contribution in [0.2, 0.25) is 0 Å². The van der Waals surface area contributed by atoms with Crippen LogP contribution in [0, 0.1) is 18.3 Å².